The third-order valence-corrected chi connectivity index (χ3v) is 3.25. The van der Waals surface area contributed by atoms with Crippen molar-refractivity contribution in [2.45, 2.75) is 19.4 Å². The number of benzene rings is 1. The van der Waals surface area contributed by atoms with E-state index in [0.717, 1.165) is 16.0 Å². The van der Waals surface area contributed by atoms with Crippen molar-refractivity contribution in [2.75, 3.05) is 19.0 Å². The molecule has 5 heteroatoms. The Bertz CT molecular complexity index is 603. The molecule has 1 aromatic rings. The number of nitriles is 1. The molecule has 0 spiro atoms. The molecular formula is C14H16N4O. The molecule has 2 rings (SSSR count). The summed E-state index contributed by atoms with van der Waals surface area (Å²) in [5.41, 5.74) is 1.11. The van der Waals surface area contributed by atoms with Gasteiger partial charge < -0.3 is 10.1 Å². The van der Waals surface area contributed by atoms with Crippen molar-refractivity contribution < 1.29 is 4.74 Å². The van der Waals surface area contributed by atoms with Crippen LogP contribution in [0.4, 0.5) is 5.69 Å². The number of nitrogens with zero attached hydrogens (tertiary/aromatic N) is 4. The lowest BCUT2D eigenvalue weighted by atomic mass is 10.0. The van der Waals surface area contributed by atoms with Crippen LogP contribution in [0, 0.1) is 16.5 Å². The summed E-state index contributed by atoms with van der Waals surface area (Å²) in [4.78, 5) is 6.14. The van der Waals surface area contributed by atoms with Gasteiger partial charge in [0, 0.05) is 19.8 Å². The summed E-state index contributed by atoms with van der Waals surface area (Å²) in [5, 5.41) is 21.3. The average Bonchev–Trinajstić information content (AvgIpc) is 2.61. The molecule has 1 aromatic carbocycles. The SMILES string of the molecule is CN(C)c1ccc(C2=[N+]([O-])C(C)(C)C(C#N)=N2)cc1. The Morgan fingerprint density at radius 1 is 1.26 bits per heavy atom. The zero-order chi connectivity index (χ0) is 14.2. The monoisotopic (exact) mass is 256 g/mol. The summed E-state index contributed by atoms with van der Waals surface area (Å²) < 4.78 is 0.802. The molecule has 0 N–H and O–H groups in total. The molecule has 0 unspecified atom stereocenters. The van der Waals surface area contributed by atoms with Crippen molar-refractivity contribution in [1.29, 1.82) is 5.26 Å². The lowest BCUT2D eigenvalue weighted by Crippen LogP contribution is -2.37. The molecule has 0 aliphatic carbocycles. The first-order chi connectivity index (χ1) is 8.87. The topological polar surface area (TPSA) is 65.5 Å². The highest BCUT2D eigenvalue weighted by Gasteiger charge is 2.42. The summed E-state index contributed by atoms with van der Waals surface area (Å²) in [6, 6.07) is 9.52. The highest BCUT2D eigenvalue weighted by Crippen LogP contribution is 2.22. The maximum atomic E-state index is 12.2. The molecule has 0 aromatic heterocycles. The van der Waals surface area contributed by atoms with Crippen LogP contribution in [0.3, 0.4) is 0 Å². The molecule has 0 saturated heterocycles. The van der Waals surface area contributed by atoms with Crippen LogP contribution in [0.1, 0.15) is 19.4 Å². The maximum Gasteiger partial charge on any atom is 0.330 e. The molecule has 0 radical (unpaired) electrons. The van der Waals surface area contributed by atoms with Gasteiger partial charge in [0.05, 0.1) is 5.56 Å². The van der Waals surface area contributed by atoms with Crippen molar-refractivity contribution >= 4 is 17.2 Å². The van der Waals surface area contributed by atoms with Gasteiger partial charge in [-0.3, -0.25) is 0 Å². The maximum absolute atomic E-state index is 12.2. The van der Waals surface area contributed by atoms with Crippen LogP contribution >= 0.6 is 0 Å². The predicted octanol–water partition coefficient (Wildman–Crippen LogP) is 1.77. The van der Waals surface area contributed by atoms with E-state index in [1.54, 1.807) is 13.8 Å². The van der Waals surface area contributed by atoms with Gasteiger partial charge in [-0.25, -0.2) is 4.74 Å². The first-order valence-electron chi connectivity index (χ1n) is 5.99. The molecule has 1 aliphatic heterocycles. The van der Waals surface area contributed by atoms with Crippen LogP contribution in [0.15, 0.2) is 29.3 Å². The van der Waals surface area contributed by atoms with Crippen LogP contribution in [0.25, 0.3) is 0 Å². The van der Waals surface area contributed by atoms with E-state index >= 15 is 0 Å². The van der Waals surface area contributed by atoms with Gasteiger partial charge in [0.25, 0.3) is 5.71 Å². The molecule has 0 fully saturated rings. The lowest BCUT2D eigenvalue weighted by Gasteiger charge is -2.21. The first-order valence-corrected chi connectivity index (χ1v) is 5.99. The Hall–Kier alpha value is -2.35. The van der Waals surface area contributed by atoms with Gasteiger partial charge in [-0.2, -0.15) is 5.26 Å². The largest absolute Gasteiger partial charge is 0.714 e. The van der Waals surface area contributed by atoms with Crippen LogP contribution in [-0.2, 0) is 0 Å². The Morgan fingerprint density at radius 2 is 1.84 bits per heavy atom. The summed E-state index contributed by atoms with van der Waals surface area (Å²) >= 11 is 0. The van der Waals surface area contributed by atoms with Crippen molar-refractivity contribution in [3.05, 3.63) is 35.0 Å². The van der Waals surface area contributed by atoms with E-state index in [9.17, 15) is 5.21 Å². The fourth-order valence-corrected chi connectivity index (χ4v) is 1.90. The zero-order valence-electron chi connectivity index (χ0n) is 11.5. The highest BCUT2D eigenvalue weighted by molar-refractivity contribution is 6.16. The quantitative estimate of drug-likeness (QED) is 0.598. The molecule has 0 saturated carbocycles. The van der Waals surface area contributed by atoms with Gasteiger partial charge in [0.15, 0.2) is 5.54 Å². The Balaban J connectivity index is 2.46. The van der Waals surface area contributed by atoms with E-state index in [2.05, 4.69) is 4.99 Å². The molecule has 98 valence electrons. The van der Waals surface area contributed by atoms with E-state index in [4.69, 9.17) is 5.26 Å². The van der Waals surface area contributed by atoms with Gasteiger partial charge in [-0.05, 0) is 43.1 Å². The summed E-state index contributed by atoms with van der Waals surface area (Å²) in [6.07, 6.45) is 0. The predicted molar refractivity (Wildman–Crippen MR) is 75.6 cm³/mol. The van der Waals surface area contributed by atoms with Crippen LogP contribution in [0.2, 0.25) is 0 Å². The van der Waals surface area contributed by atoms with E-state index < -0.39 is 5.54 Å². The van der Waals surface area contributed by atoms with Gasteiger partial charge in [0.2, 0.25) is 0 Å². The van der Waals surface area contributed by atoms with Gasteiger partial charge in [0.1, 0.15) is 6.07 Å². The van der Waals surface area contributed by atoms with Crippen LogP contribution in [0.5, 0.6) is 0 Å². The number of rotatable bonds is 2. The Kier molecular flexibility index (Phi) is 3.03. The lowest BCUT2D eigenvalue weighted by molar-refractivity contribution is -0.512. The molecule has 1 heterocycles. The number of hydrogen-bond donors (Lipinski definition) is 0. The molecule has 1 aliphatic rings. The molecule has 19 heavy (non-hydrogen) atoms. The Labute approximate surface area is 112 Å². The van der Waals surface area contributed by atoms with Crippen molar-refractivity contribution in [3.8, 4) is 6.07 Å². The Morgan fingerprint density at radius 3 is 2.26 bits per heavy atom. The molecule has 0 amide bonds. The fraction of sp³-hybridized carbons (Fsp3) is 0.357. The minimum atomic E-state index is -0.899. The zero-order valence-corrected chi connectivity index (χ0v) is 11.5. The summed E-state index contributed by atoms with van der Waals surface area (Å²) in [5.74, 6) is 0.298. The molecule has 5 nitrogen and oxygen atoms in total. The minimum absolute atomic E-state index is 0.245. The average molecular weight is 256 g/mol. The van der Waals surface area contributed by atoms with Crippen LogP contribution < -0.4 is 4.90 Å². The molecule has 0 bridgehead atoms. The molecular weight excluding hydrogens is 240 g/mol. The van der Waals surface area contributed by atoms with E-state index in [-0.39, 0.29) is 5.71 Å². The van der Waals surface area contributed by atoms with Crippen LogP contribution in [-0.4, -0.2) is 35.9 Å². The fourth-order valence-electron chi connectivity index (χ4n) is 1.90. The standard InChI is InChI=1S/C14H16N4O/c1-14(2)12(9-15)16-13(18(14)19)10-5-7-11(8-6-10)17(3)4/h5-8H,1-4H3. The number of aliphatic imine (C=N–C) groups is 1. The van der Waals surface area contributed by atoms with E-state index in [1.807, 2.05) is 49.3 Å². The normalized spacial score (nSPS) is 17.1. The number of hydroxylamine groups is 1. The van der Waals surface area contributed by atoms with Crippen molar-refractivity contribution in [1.82, 2.24) is 0 Å². The first kappa shape index (κ1) is 13.1. The smallest absolute Gasteiger partial charge is 0.330 e. The third kappa shape index (κ3) is 2.06. The van der Waals surface area contributed by atoms with Gasteiger partial charge in [-0.1, -0.05) is 0 Å². The number of amidine groups is 1. The summed E-state index contributed by atoms with van der Waals surface area (Å²) in [6.45, 7) is 3.40. The second-order valence-electron chi connectivity index (χ2n) is 5.19. The van der Waals surface area contributed by atoms with E-state index in [1.165, 1.54) is 0 Å². The second kappa shape index (κ2) is 4.39. The highest BCUT2D eigenvalue weighted by atomic mass is 16.5. The van der Waals surface area contributed by atoms with Gasteiger partial charge in [-0.15, -0.1) is 0 Å². The number of hydrogen-bond acceptors (Lipinski definition) is 4. The number of anilines is 1. The third-order valence-electron chi connectivity index (χ3n) is 3.25. The van der Waals surface area contributed by atoms with E-state index in [0.29, 0.717) is 5.84 Å². The molecule has 0 atom stereocenters. The van der Waals surface area contributed by atoms with Gasteiger partial charge >= 0.3 is 5.84 Å². The van der Waals surface area contributed by atoms with Crippen molar-refractivity contribution in [3.63, 3.8) is 0 Å². The van der Waals surface area contributed by atoms with Crippen molar-refractivity contribution in [2.24, 2.45) is 4.99 Å². The second-order valence-corrected chi connectivity index (χ2v) is 5.19. The summed E-state index contributed by atoms with van der Waals surface area (Å²) in [7, 11) is 3.90. The minimum Gasteiger partial charge on any atom is -0.714 e.